The van der Waals surface area contributed by atoms with Crippen LogP contribution in [0.1, 0.15) is 28.5 Å². The normalized spacial score (nSPS) is 14.4. The first-order valence-corrected chi connectivity index (χ1v) is 12.1. The van der Waals surface area contributed by atoms with Gasteiger partial charge in [0, 0.05) is 56.9 Å². The molecule has 180 valence electrons. The van der Waals surface area contributed by atoms with Crippen LogP contribution in [0.3, 0.4) is 0 Å². The Morgan fingerprint density at radius 2 is 1.77 bits per heavy atom. The van der Waals surface area contributed by atoms with Gasteiger partial charge in [-0.2, -0.15) is 0 Å². The molecule has 3 heterocycles. The number of nitrogens with zero attached hydrogens (tertiary/aromatic N) is 4. The van der Waals surface area contributed by atoms with Crippen molar-refractivity contribution < 1.29 is 9.53 Å². The number of piperazine rings is 1. The van der Waals surface area contributed by atoms with Crippen LogP contribution in [0.15, 0.2) is 66.9 Å². The molecule has 2 aromatic carbocycles. The number of nitrogen functional groups attached to an aromatic ring is 1. The molecule has 0 saturated carbocycles. The largest absolute Gasteiger partial charge is 0.437 e. The zero-order valence-corrected chi connectivity index (χ0v) is 20.3. The van der Waals surface area contributed by atoms with Crippen LogP contribution in [0, 0.1) is 0 Å². The number of ether oxygens (including phenoxy) is 1. The fraction of sp³-hybridized carbons (Fsp3) is 0.286. The second kappa shape index (κ2) is 9.80. The molecule has 1 saturated heterocycles. The molecule has 0 bridgehead atoms. The number of carbonyl (C=O) groups excluding carboxylic acids is 1. The van der Waals surface area contributed by atoms with Crippen LogP contribution in [-0.4, -0.2) is 51.4 Å². The van der Waals surface area contributed by atoms with Crippen molar-refractivity contribution in [1.29, 1.82) is 0 Å². The van der Waals surface area contributed by atoms with Gasteiger partial charge in [0.15, 0.2) is 0 Å². The van der Waals surface area contributed by atoms with Crippen LogP contribution in [0.2, 0.25) is 0 Å². The smallest absolute Gasteiger partial charge is 0.270 e. The molecule has 1 aliphatic heterocycles. The summed E-state index contributed by atoms with van der Waals surface area (Å²) in [6.45, 7) is 6.16. The fourth-order valence-corrected chi connectivity index (χ4v) is 4.61. The van der Waals surface area contributed by atoms with Gasteiger partial charge in [-0.15, -0.1) is 0 Å². The van der Waals surface area contributed by atoms with Gasteiger partial charge in [-0.25, -0.2) is 4.98 Å². The first kappa shape index (κ1) is 22.9. The van der Waals surface area contributed by atoms with Crippen LogP contribution in [0.5, 0.6) is 11.6 Å². The summed E-state index contributed by atoms with van der Waals surface area (Å²) in [7, 11) is 1.94. The first-order chi connectivity index (χ1) is 17.0. The van der Waals surface area contributed by atoms with Crippen LogP contribution < -0.4 is 10.5 Å². The van der Waals surface area contributed by atoms with Crippen molar-refractivity contribution >= 4 is 22.5 Å². The molecule has 0 atom stereocenters. The minimum atomic E-state index is 0.0617. The van der Waals surface area contributed by atoms with E-state index in [0.717, 1.165) is 55.6 Å². The number of nitrogens with two attached hydrogens (primary N) is 1. The van der Waals surface area contributed by atoms with Crippen LogP contribution in [0.4, 0.5) is 5.69 Å². The van der Waals surface area contributed by atoms with Gasteiger partial charge in [0.05, 0.1) is 5.69 Å². The Labute approximate surface area is 205 Å². The van der Waals surface area contributed by atoms with E-state index in [1.807, 2.05) is 52.9 Å². The maximum absolute atomic E-state index is 13.4. The highest BCUT2D eigenvalue weighted by atomic mass is 16.5. The average Bonchev–Trinajstić information content (AvgIpc) is 3.21. The van der Waals surface area contributed by atoms with Crippen molar-refractivity contribution in [3.8, 4) is 11.6 Å². The van der Waals surface area contributed by atoms with Crippen molar-refractivity contribution in [2.75, 3.05) is 31.9 Å². The quantitative estimate of drug-likeness (QED) is 0.451. The van der Waals surface area contributed by atoms with E-state index in [0.29, 0.717) is 23.0 Å². The van der Waals surface area contributed by atoms with Gasteiger partial charge >= 0.3 is 0 Å². The van der Waals surface area contributed by atoms with Crippen molar-refractivity contribution in [2.45, 2.75) is 19.9 Å². The van der Waals surface area contributed by atoms with E-state index in [2.05, 4.69) is 41.1 Å². The number of aryl methyl sites for hydroxylation is 2. The average molecular weight is 470 g/mol. The molecule has 5 rings (SSSR count). The summed E-state index contributed by atoms with van der Waals surface area (Å²) < 4.78 is 7.92. The van der Waals surface area contributed by atoms with Crippen molar-refractivity contribution in [1.82, 2.24) is 19.4 Å². The molecule has 0 unspecified atom stereocenters. The number of rotatable bonds is 6. The lowest BCUT2D eigenvalue weighted by Crippen LogP contribution is -2.48. The Morgan fingerprint density at radius 1 is 1.00 bits per heavy atom. The van der Waals surface area contributed by atoms with Crippen molar-refractivity contribution in [3.05, 3.63) is 83.7 Å². The van der Waals surface area contributed by atoms with Gasteiger partial charge in [0.25, 0.3) is 5.91 Å². The number of aromatic nitrogens is 2. The number of anilines is 1. The highest BCUT2D eigenvalue weighted by Crippen LogP contribution is 2.30. The van der Waals surface area contributed by atoms with E-state index in [1.54, 1.807) is 6.20 Å². The maximum atomic E-state index is 13.4. The molecule has 1 aliphatic rings. The Balaban J connectivity index is 1.28. The summed E-state index contributed by atoms with van der Waals surface area (Å²) in [5, 5.41) is 0.944. The predicted octanol–water partition coefficient (Wildman–Crippen LogP) is 4.47. The zero-order valence-electron chi connectivity index (χ0n) is 20.3. The Bertz CT molecular complexity index is 1340. The second-order valence-electron chi connectivity index (χ2n) is 9.06. The van der Waals surface area contributed by atoms with E-state index in [4.69, 9.17) is 10.5 Å². The standard InChI is InChI=1S/C28H31N5O2/c1-3-20-15-24(29)27(30-18-20)35-23-9-10-25-22(16-23)17-26(31(25)2)28(34)33-13-11-32(12-14-33)19-21-7-5-4-6-8-21/h4-10,15-18H,3,11-14,19,29H2,1-2H3. The van der Waals surface area contributed by atoms with Gasteiger partial charge in [0.2, 0.25) is 5.88 Å². The van der Waals surface area contributed by atoms with E-state index in [9.17, 15) is 4.79 Å². The molecule has 0 aliphatic carbocycles. The number of amides is 1. The Morgan fingerprint density at radius 3 is 2.49 bits per heavy atom. The molecule has 0 radical (unpaired) electrons. The molecular formula is C28H31N5O2. The van der Waals surface area contributed by atoms with Crippen LogP contribution in [-0.2, 0) is 20.0 Å². The molecule has 7 nitrogen and oxygen atoms in total. The summed E-state index contributed by atoms with van der Waals surface area (Å²) in [4.78, 5) is 22.1. The van der Waals surface area contributed by atoms with Crippen molar-refractivity contribution in [3.63, 3.8) is 0 Å². The monoisotopic (exact) mass is 469 g/mol. The van der Waals surface area contributed by atoms with Crippen molar-refractivity contribution in [2.24, 2.45) is 7.05 Å². The van der Waals surface area contributed by atoms with Gasteiger partial charge in [-0.3, -0.25) is 9.69 Å². The van der Waals surface area contributed by atoms with Gasteiger partial charge in [0.1, 0.15) is 11.4 Å². The van der Waals surface area contributed by atoms with E-state index < -0.39 is 0 Å². The molecule has 35 heavy (non-hydrogen) atoms. The van der Waals surface area contributed by atoms with E-state index in [1.165, 1.54) is 5.56 Å². The lowest BCUT2D eigenvalue weighted by molar-refractivity contribution is 0.0619. The number of benzene rings is 2. The number of carbonyl (C=O) groups is 1. The Kier molecular flexibility index (Phi) is 6.42. The molecule has 0 spiro atoms. The summed E-state index contributed by atoms with van der Waals surface area (Å²) in [6.07, 6.45) is 2.65. The van der Waals surface area contributed by atoms with Gasteiger partial charge < -0.3 is 19.9 Å². The van der Waals surface area contributed by atoms with Crippen LogP contribution >= 0.6 is 0 Å². The molecule has 2 aromatic heterocycles. The number of fused-ring (bicyclic) bond motifs is 1. The minimum absolute atomic E-state index is 0.0617. The highest BCUT2D eigenvalue weighted by molar-refractivity contribution is 5.99. The fourth-order valence-electron chi connectivity index (χ4n) is 4.61. The molecule has 2 N–H and O–H groups in total. The minimum Gasteiger partial charge on any atom is -0.437 e. The third-order valence-corrected chi connectivity index (χ3v) is 6.70. The van der Waals surface area contributed by atoms with Gasteiger partial charge in [-0.1, -0.05) is 37.3 Å². The summed E-state index contributed by atoms with van der Waals surface area (Å²) in [5.41, 5.74) is 10.7. The second-order valence-corrected chi connectivity index (χ2v) is 9.06. The van der Waals surface area contributed by atoms with Crippen LogP contribution in [0.25, 0.3) is 10.9 Å². The number of pyridine rings is 1. The summed E-state index contributed by atoms with van der Waals surface area (Å²) in [6, 6.07) is 20.1. The third-order valence-electron chi connectivity index (χ3n) is 6.70. The first-order valence-electron chi connectivity index (χ1n) is 12.1. The molecular weight excluding hydrogens is 438 g/mol. The SMILES string of the molecule is CCc1cnc(Oc2ccc3c(c2)cc(C(=O)N2CCN(Cc4ccccc4)CC2)n3C)c(N)c1. The van der Waals surface area contributed by atoms with E-state index in [-0.39, 0.29) is 5.91 Å². The number of hydrogen-bond donors (Lipinski definition) is 1. The summed E-state index contributed by atoms with van der Waals surface area (Å²) in [5.74, 6) is 1.09. The maximum Gasteiger partial charge on any atom is 0.270 e. The predicted molar refractivity (Wildman–Crippen MR) is 139 cm³/mol. The third kappa shape index (κ3) is 4.86. The van der Waals surface area contributed by atoms with E-state index >= 15 is 0 Å². The molecule has 4 aromatic rings. The Hall–Kier alpha value is -3.84. The number of hydrogen-bond acceptors (Lipinski definition) is 5. The topological polar surface area (TPSA) is 76.6 Å². The lowest BCUT2D eigenvalue weighted by atomic mass is 10.2. The summed E-state index contributed by atoms with van der Waals surface area (Å²) >= 11 is 0. The molecule has 1 amide bonds. The highest BCUT2D eigenvalue weighted by Gasteiger charge is 2.24. The zero-order chi connectivity index (χ0) is 24.4. The molecule has 1 fully saturated rings. The lowest BCUT2D eigenvalue weighted by Gasteiger charge is -2.34. The van der Waals surface area contributed by atoms with Gasteiger partial charge in [-0.05, 0) is 47.9 Å². The molecule has 7 heteroatoms.